The third-order valence-electron chi connectivity index (χ3n) is 4.54. The van der Waals surface area contributed by atoms with Crippen molar-refractivity contribution >= 4 is 34.5 Å². The Kier molecular flexibility index (Phi) is 4.76. The Balaban J connectivity index is 1.42. The molecule has 28 heavy (non-hydrogen) atoms. The molecule has 140 valence electrons. The zero-order valence-electron chi connectivity index (χ0n) is 15.4. The largest absolute Gasteiger partial charge is 0.494 e. The van der Waals surface area contributed by atoms with Crippen molar-refractivity contribution in [3.63, 3.8) is 0 Å². The van der Waals surface area contributed by atoms with Crippen LogP contribution in [0.15, 0.2) is 65.8 Å². The Bertz CT molecular complexity index is 1070. The van der Waals surface area contributed by atoms with Gasteiger partial charge in [-0.3, -0.25) is 14.5 Å². The summed E-state index contributed by atoms with van der Waals surface area (Å²) in [5.41, 5.74) is 4.69. The molecule has 3 aromatic rings. The first-order valence-electron chi connectivity index (χ1n) is 9.06. The summed E-state index contributed by atoms with van der Waals surface area (Å²) in [7, 11) is 0. The van der Waals surface area contributed by atoms with Crippen molar-refractivity contribution < 1.29 is 14.3 Å². The van der Waals surface area contributed by atoms with Crippen LogP contribution in [-0.2, 0) is 4.79 Å². The third-order valence-corrected chi connectivity index (χ3v) is 4.54. The minimum Gasteiger partial charge on any atom is -0.494 e. The Morgan fingerprint density at radius 2 is 1.86 bits per heavy atom. The lowest BCUT2D eigenvalue weighted by atomic mass is 10.1. The number of hydrogen-bond donors (Lipinski definition) is 1. The molecule has 1 heterocycles. The lowest BCUT2D eigenvalue weighted by Crippen LogP contribution is -2.37. The number of hydrogen-bond acceptors (Lipinski definition) is 4. The second-order valence-electron chi connectivity index (χ2n) is 6.37. The van der Waals surface area contributed by atoms with Crippen LogP contribution in [-0.4, -0.2) is 31.2 Å². The van der Waals surface area contributed by atoms with E-state index in [4.69, 9.17) is 4.74 Å². The predicted molar refractivity (Wildman–Crippen MR) is 109 cm³/mol. The molecule has 0 saturated heterocycles. The molecule has 6 nitrogen and oxygen atoms in total. The van der Waals surface area contributed by atoms with Crippen molar-refractivity contribution in [2.45, 2.75) is 6.92 Å². The molecule has 2 amide bonds. The Morgan fingerprint density at radius 1 is 1.11 bits per heavy atom. The van der Waals surface area contributed by atoms with Gasteiger partial charge in [-0.1, -0.05) is 24.3 Å². The van der Waals surface area contributed by atoms with Crippen LogP contribution in [0.25, 0.3) is 10.8 Å². The molecule has 0 radical (unpaired) electrons. The van der Waals surface area contributed by atoms with Gasteiger partial charge in [0.1, 0.15) is 12.3 Å². The van der Waals surface area contributed by atoms with E-state index in [1.165, 1.54) is 4.90 Å². The number of anilines is 1. The molecule has 1 aliphatic heterocycles. The Morgan fingerprint density at radius 3 is 2.61 bits per heavy atom. The van der Waals surface area contributed by atoms with E-state index in [1.807, 2.05) is 61.5 Å². The molecule has 0 unspecified atom stereocenters. The quantitative estimate of drug-likeness (QED) is 0.532. The van der Waals surface area contributed by atoms with Gasteiger partial charge in [0.15, 0.2) is 0 Å². The third kappa shape index (κ3) is 3.32. The molecular weight excluding hydrogens is 354 g/mol. The number of nitrogens with zero attached hydrogens (tertiary/aromatic N) is 2. The van der Waals surface area contributed by atoms with Crippen LogP contribution >= 0.6 is 0 Å². The van der Waals surface area contributed by atoms with E-state index in [0.717, 1.165) is 27.8 Å². The van der Waals surface area contributed by atoms with Crippen LogP contribution in [0.5, 0.6) is 5.75 Å². The summed E-state index contributed by atoms with van der Waals surface area (Å²) in [4.78, 5) is 26.5. The number of amides is 2. The minimum atomic E-state index is -0.361. The minimum absolute atomic E-state index is 0.0900. The summed E-state index contributed by atoms with van der Waals surface area (Å²) in [6.45, 7) is 2.44. The van der Waals surface area contributed by atoms with E-state index in [0.29, 0.717) is 12.2 Å². The van der Waals surface area contributed by atoms with Crippen LogP contribution in [0.4, 0.5) is 5.69 Å². The maximum absolute atomic E-state index is 12.7. The fourth-order valence-electron chi connectivity index (χ4n) is 3.31. The monoisotopic (exact) mass is 373 g/mol. The highest BCUT2D eigenvalue weighted by atomic mass is 16.5. The average molecular weight is 373 g/mol. The molecule has 0 atom stereocenters. The topological polar surface area (TPSA) is 71.0 Å². The van der Waals surface area contributed by atoms with E-state index in [1.54, 1.807) is 12.3 Å². The number of benzene rings is 3. The fourth-order valence-corrected chi connectivity index (χ4v) is 3.31. The van der Waals surface area contributed by atoms with E-state index in [2.05, 4.69) is 10.5 Å². The number of carbonyl (C=O) groups is 2. The Labute approximate surface area is 162 Å². The van der Waals surface area contributed by atoms with Crippen molar-refractivity contribution in [3.05, 3.63) is 71.8 Å². The van der Waals surface area contributed by atoms with Crippen molar-refractivity contribution in [2.75, 3.05) is 18.1 Å². The van der Waals surface area contributed by atoms with Crippen LogP contribution in [0.3, 0.4) is 0 Å². The molecule has 0 spiro atoms. The molecule has 0 aromatic heterocycles. The van der Waals surface area contributed by atoms with Crippen LogP contribution < -0.4 is 15.1 Å². The standard InChI is InChI=1S/C22H19N3O3/c1-2-28-17-11-9-15(10-12-17)13-23-24-20(26)14-25-19-8-4-6-16-5-3-7-18(21(16)19)22(25)27/h3-13H,2,14H2,1H3,(H,24,26)/b23-13-. The lowest BCUT2D eigenvalue weighted by Gasteiger charge is -2.16. The zero-order chi connectivity index (χ0) is 19.5. The van der Waals surface area contributed by atoms with Gasteiger partial charge in [0.05, 0.1) is 18.5 Å². The molecule has 6 heteroatoms. The summed E-state index contributed by atoms with van der Waals surface area (Å²) >= 11 is 0. The SMILES string of the molecule is CCOc1ccc(/C=N\NC(=O)CN2C(=O)c3cccc4cccc2c34)cc1. The van der Waals surface area contributed by atoms with Crippen molar-refractivity contribution in [1.29, 1.82) is 0 Å². The molecular formula is C22H19N3O3. The molecule has 1 N–H and O–H groups in total. The number of hydrazone groups is 1. The molecule has 0 aliphatic carbocycles. The highest BCUT2D eigenvalue weighted by Gasteiger charge is 2.30. The van der Waals surface area contributed by atoms with Gasteiger partial charge in [-0.15, -0.1) is 0 Å². The van der Waals surface area contributed by atoms with Gasteiger partial charge >= 0.3 is 0 Å². The highest BCUT2D eigenvalue weighted by Crippen LogP contribution is 2.36. The summed E-state index contributed by atoms with van der Waals surface area (Å²) in [6, 6.07) is 18.7. The maximum Gasteiger partial charge on any atom is 0.260 e. The molecule has 1 aliphatic rings. The molecule has 0 saturated carbocycles. The average Bonchev–Trinajstić information content (AvgIpc) is 2.98. The van der Waals surface area contributed by atoms with Gasteiger partial charge in [-0.25, -0.2) is 5.43 Å². The second kappa shape index (κ2) is 7.52. The number of ether oxygens (including phenoxy) is 1. The van der Waals surface area contributed by atoms with Crippen LogP contribution in [0, 0.1) is 0 Å². The summed E-state index contributed by atoms with van der Waals surface area (Å²) in [5.74, 6) is 0.253. The summed E-state index contributed by atoms with van der Waals surface area (Å²) in [6.07, 6.45) is 1.55. The van der Waals surface area contributed by atoms with Crippen molar-refractivity contribution in [3.8, 4) is 5.75 Å². The first-order chi connectivity index (χ1) is 13.7. The van der Waals surface area contributed by atoms with Gasteiger partial charge in [0.25, 0.3) is 11.8 Å². The first kappa shape index (κ1) is 17.7. The number of nitrogens with one attached hydrogen (secondary N) is 1. The van der Waals surface area contributed by atoms with Crippen molar-refractivity contribution in [2.24, 2.45) is 5.10 Å². The zero-order valence-corrected chi connectivity index (χ0v) is 15.4. The Hall–Kier alpha value is -3.67. The number of rotatable bonds is 6. The van der Waals surface area contributed by atoms with Gasteiger partial charge < -0.3 is 4.74 Å². The molecule has 3 aromatic carbocycles. The first-order valence-corrected chi connectivity index (χ1v) is 9.06. The van der Waals surface area contributed by atoms with E-state index >= 15 is 0 Å². The van der Waals surface area contributed by atoms with E-state index in [-0.39, 0.29) is 18.4 Å². The number of carbonyl (C=O) groups excluding carboxylic acids is 2. The lowest BCUT2D eigenvalue weighted by molar-refractivity contribution is -0.119. The summed E-state index contributed by atoms with van der Waals surface area (Å²) in [5, 5.41) is 5.85. The second-order valence-corrected chi connectivity index (χ2v) is 6.37. The van der Waals surface area contributed by atoms with Gasteiger partial charge in [-0.2, -0.15) is 5.10 Å². The van der Waals surface area contributed by atoms with Crippen LogP contribution in [0.1, 0.15) is 22.8 Å². The van der Waals surface area contributed by atoms with E-state index in [9.17, 15) is 9.59 Å². The normalized spacial score (nSPS) is 12.8. The van der Waals surface area contributed by atoms with Crippen LogP contribution in [0.2, 0.25) is 0 Å². The predicted octanol–water partition coefficient (Wildman–Crippen LogP) is 3.35. The summed E-state index contributed by atoms with van der Waals surface area (Å²) < 4.78 is 5.39. The van der Waals surface area contributed by atoms with Crippen molar-refractivity contribution in [1.82, 2.24) is 5.43 Å². The highest BCUT2D eigenvalue weighted by molar-refractivity contribution is 6.26. The van der Waals surface area contributed by atoms with Gasteiger partial charge in [-0.05, 0) is 54.3 Å². The smallest absolute Gasteiger partial charge is 0.260 e. The van der Waals surface area contributed by atoms with Gasteiger partial charge in [0, 0.05) is 10.9 Å². The van der Waals surface area contributed by atoms with E-state index < -0.39 is 0 Å². The van der Waals surface area contributed by atoms with Gasteiger partial charge in [0.2, 0.25) is 0 Å². The fraction of sp³-hybridized carbons (Fsp3) is 0.136. The molecule has 4 rings (SSSR count). The maximum atomic E-state index is 12.7. The molecule has 0 fully saturated rings. The molecule has 0 bridgehead atoms.